The largest absolute Gasteiger partial charge is 0.504 e. The Balaban J connectivity index is 1.54. The first-order chi connectivity index (χ1) is 13.1. The van der Waals surface area contributed by atoms with Gasteiger partial charge in [-0.05, 0) is 49.6 Å². The second-order valence-corrected chi connectivity index (χ2v) is 6.43. The molecule has 27 heavy (non-hydrogen) atoms. The zero-order valence-corrected chi connectivity index (χ0v) is 15.4. The molecular formula is C20H24N4O3. The van der Waals surface area contributed by atoms with Crippen LogP contribution in [-0.4, -0.2) is 29.9 Å². The Morgan fingerprint density at radius 2 is 2.07 bits per heavy atom. The van der Waals surface area contributed by atoms with E-state index >= 15 is 0 Å². The van der Waals surface area contributed by atoms with Crippen molar-refractivity contribution in [3.8, 4) is 11.5 Å². The molecular weight excluding hydrogens is 344 g/mol. The third-order valence-electron chi connectivity index (χ3n) is 4.37. The number of amides is 1. The lowest BCUT2D eigenvalue weighted by atomic mass is 10.0. The van der Waals surface area contributed by atoms with Crippen molar-refractivity contribution in [2.75, 3.05) is 6.61 Å². The Morgan fingerprint density at radius 3 is 2.81 bits per heavy atom. The standard InChI is InChI=1S/C20H24N4O3/c1-3-27-19-10-14(6-9-18(19)25)12-21-24-20(26)17-11-16(22-23-17)15-7-4-13(2)5-8-15/h4-10,12,16-17,22-23,25H,3,11H2,1-2H3,(H,24,26)/b21-12+. The number of phenols is 1. The number of hydrazone groups is 1. The lowest BCUT2D eigenvalue weighted by Gasteiger charge is -2.09. The van der Waals surface area contributed by atoms with E-state index in [9.17, 15) is 9.90 Å². The molecule has 1 aliphatic rings. The highest BCUT2D eigenvalue weighted by Crippen LogP contribution is 2.26. The van der Waals surface area contributed by atoms with Gasteiger partial charge in [0.1, 0.15) is 6.04 Å². The minimum Gasteiger partial charge on any atom is -0.504 e. The fourth-order valence-electron chi connectivity index (χ4n) is 2.88. The second kappa shape index (κ2) is 8.66. The summed E-state index contributed by atoms with van der Waals surface area (Å²) in [7, 11) is 0. The smallest absolute Gasteiger partial charge is 0.258 e. The summed E-state index contributed by atoms with van der Waals surface area (Å²) in [5, 5.41) is 13.7. The van der Waals surface area contributed by atoms with Crippen LogP contribution in [0.3, 0.4) is 0 Å². The van der Waals surface area contributed by atoms with E-state index < -0.39 is 0 Å². The molecule has 2 aromatic carbocycles. The molecule has 1 heterocycles. The summed E-state index contributed by atoms with van der Waals surface area (Å²) in [5.74, 6) is 0.244. The minimum absolute atomic E-state index is 0.0708. The Labute approximate surface area is 158 Å². The van der Waals surface area contributed by atoms with Crippen LogP contribution in [0.2, 0.25) is 0 Å². The van der Waals surface area contributed by atoms with Gasteiger partial charge >= 0.3 is 0 Å². The van der Waals surface area contributed by atoms with Crippen LogP contribution in [0.5, 0.6) is 11.5 Å². The van der Waals surface area contributed by atoms with Crippen molar-refractivity contribution in [1.82, 2.24) is 16.3 Å². The molecule has 2 atom stereocenters. The van der Waals surface area contributed by atoms with Gasteiger partial charge in [-0.3, -0.25) is 4.79 Å². The maximum absolute atomic E-state index is 12.3. The number of hydrazine groups is 1. The van der Waals surface area contributed by atoms with Crippen molar-refractivity contribution >= 4 is 12.1 Å². The van der Waals surface area contributed by atoms with Crippen LogP contribution in [0.1, 0.15) is 36.1 Å². The SMILES string of the molecule is CCOc1cc(/C=N/NC(=O)C2CC(c3ccc(C)cc3)NN2)ccc1O. The molecule has 0 saturated carbocycles. The Kier molecular flexibility index (Phi) is 6.05. The molecule has 3 rings (SSSR count). The number of ether oxygens (including phenoxy) is 1. The van der Waals surface area contributed by atoms with E-state index in [2.05, 4.69) is 45.6 Å². The van der Waals surface area contributed by atoms with Gasteiger partial charge in [0, 0.05) is 6.04 Å². The molecule has 142 valence electrons. The summed E-state index contributed by atoms with van der Waals surface area (Å²) in [6.45, 7) is 4.34. The van der Waals surface area contributed by atoms with Gasteiger partial charge in [-0.2, -0.15) is 5.10 Å². The van der Waals surface area contributed by atoms with E-state index in [-0.39, 0.29) is 23.7 Å². The zero-order chi connectivity index (χ0) is 19.2. The van der Waals surface area contributed by atoms with Crippen molar-refractivity contribution in [3.05, 3.63) is 59.2 Å². The molecule has 2 unspecified atom stereocenters. The Bertz CT molecular complexity index is 820. The summed E-state index contributed by atoms with van der Waals surface area (Å²) in [5.41, 5.74) is 11.8. The van der Waals surface area contributed by atoms with Crippen LogP contribution in [0, 0.1) is 6.92 Å². The first kappa shape index (κ1) is 18.9. The van der Waals surface area contributed by atoms with Crippen LogP contribution >= 0.6 is 0 Å². The van der Waals surface area contributed by atoms with E-state index in [1.54, 1.807) is 12.1 Å². The molecule has 2 aromatic rings. The predicted octanol–water partition coefficient (Wildman–Crippen LogP) is 2.16. The highest BCUT2D eigenvalue weighted by atomic mass is 16.5. The first-order valence-electron chi connectivity index (χ1n) is 8.93. The van der Waals surface area contributed by atoms with Gasteiger partial charge in [-0.15, -0.1) is 0 Å². The Hall–Kier alpha value is -2.90. The van der Waals surface area contributed by atoms with Gasteiger partial charge in [0.25, 0.3) is 5.91 Å². The number of benzene rings is 2. The molecule has 1 aliphatic heterocycles. The molecule has 0 aromatic heterocycles. The van der Waals surface area contributed by atoms with Crippen molar-refractivity contribution in [2.45, 2.75) is 32.4 Å². The monoisotopic (exact) mass is 368 g/mol. The summed E-state index contributed by atoms with van der Waals surface area (Å²) < 4.78 is 5.33. The van der Waals surface area contributed by atoms with Gasteiger partial charge in [-0.1, -0.05) is 29.8 Å². The lowest BCUT2D eigenvalue weighted by molar-refractivity contribution is -0.122. The number of rotatable bonds is 6. The van der Waals surface area contributed by atoms with Gasteiger partial charge in [0.05, 0.1) is 12.8 Å². The van der Waals surface area contributed by atoms with Gasteiger partial charge in [-0.25, -0.2) is 16.3 Å². The van der Waals surface area contributed by atoms with Crippen molar-refractivity contribution < 1.29 is 14.6 Å². The maximum Gasteiger partial charge on any atom is 0.258 e. The molecule has 1 fully saturated rings. The van der Waals surface area contributed by atoms with Crippen LogP contribution in [0.25, 0.3) is 0 Å². The number of nitrogens with one attached hydrogen (secondary N) is 3. The van der Waals surface area contributed by atoms with Crippen molar-refractivity contribution in [1.29, 1.82) is 0 Å². The van der Waals surface area contributed by atoms with Crippen LogP contribution in [0.4, 0.5) is 0 Å². The van der Waals surface area contributed by atoms with Crippen molar-refractivity contribution in [2.24, 2.45) is 5.10 Å². The number of hydrogen-bond acceptors (Lipinski definition) is 6. The molecule has 7 nitrogen and oxygen atoms in total. The van der Waals surface area contributed by atoms with Gasteiger partial charge < -0.3 is 9.84 Å². The second-order valence-electron chi connectivity index (χ2n) is 6.43. The number of aryl methyl sites for hydroxylation is 1. The normalized spacial score (nSPS) is 19.3. The minimum atomic E-state index is -0.368. The molecule has 0 spiro atoms. The summed E-state index contributed by atoms with van der Waals surface area (Å²) in [6.07, 6.45) is 2.15. The molecule has 0 bridgehead atoms. The highest BCUT2D eigenvalue weighted by molar-refractivity contribution is 5.85. The number of nitrogens with zero attached hydrogens (tertiary/aromatic N) is 1. The van der Waals surface area contributed by atoms with Gasteiger partial charge in [0.2, 0.25) is 0 Å². The summed E-state index contributed by atoms with van der Waals surface area (Å²) >= 11 is 0. The molecule has 1 saturated heterocycles. The lowest BCUT2D eigenvalue weighted by Crippen LogP contribution is -2.41. The molecule has 7 heteroatoms. The Morgan fingerprint density at radius 1 is 1.30 bits per heavy atom. The number of carbonyl (C=O) groups is 1. The zero-order valence-electron chi connectivity index (χ0n) is 15.4. The quantitative estimate of drug-likeness (QED) is 0.463. The molecule has 4 N–H and O–H groups in total. The number of aromatic hydroxyl groups is 1. The third-order valence-corrected chi connectivity index (χ3v) is 4.37. The fourth-order valence-corrected chi connectivity index (χ4v) is 2.88. The van der Waals surface area contributed by atoms with E-state index in [1.165, 1.54) is 17.8 Å². The molecule has 1 amide bonds. The number of carbonyl (C=O) groups excluding carboxylic acids is 1. The topological polar surface area (TPSA) is 95.0 Å². The fraction of sp³-hybridized carbons (Fsp3) is 0.300. The maximum atomic E-state index is 12.3. The van der Waals surface area contributed by atoms with E-state index in [1.807, 2.05) is 13.8 Å². The third kappa shape index (κ3) is 4.84. The van der Waals surface area contributed by atoms with Crippen LogP contribution in [-0.2, 0) is 4.79 Å². The summed E-state index contributed by atoms with van der Waals surface area (Å²) in [4.78, 5) is 12.3. The van der Waals surface area contributed by atoms with E-state index in [0.29, 0.717) is 24.3 Å². The van der Waals surface area contributed by atoms with E-state index in [0.717, 1.165) is 5.56 Å². The molecule has 0 radical (unpaired) electrons. The summed E-state index contributed by atoms with van der Waals surface area (Å²) in [6, 6.07) is 12.8. The van der Waals surface area contributed by atoms with Crippen LogP contribution < -0.4 is 21.0 Å². The number of hydrogen-bond donors (Lipinski definition) is 4. The van der Waals surface area contributed by atoms with Crippen LogP contribution in [0.15, 0.2) is 47.6 Å². The van der Waals surface area contributed by atoms with Gasteiger partial charge in [0.15, 0.2) is 11.5 Å². The number of phenolic OH excluding ortho intramolecular Hbond substituents is 1. The predicted molar refractivity (Wildman–Crippen MR) is 104 cm³/mol. The first-order valence-corrected chi connectivity index (χ1v) is 8.93. The molecule has 0 aliphatic carbocycles. The average Bonchev–Trinajstić information content (AvgIpc) is 3.15. The van der Waals surface area contributed by atoms with E-state index in [4.69, 9.17) is 4.74 Å². The van der Waals surface area contributed by atoms with Crippen molar-refractivity contribution in [3.63, 3.8) is 0 Å². The average molecular weight is 368 g/mol. The highest BCUT2D eigenvalue weighted by Gasteiger charge is 2.29.